The molecule has 142 valence electrons. The fourth-order valence-electron chi connectivity index (χ4n) is 3.90. The lowest BCUT2D eigenvalue weighted by atomic mass is 9.97. The Bertz CT molecular complexity index is 1080. The van der Waals surface area contributed by atoms with E-state index in [2.05, 4.69) is 30.4 Å². The third kappa shape index (κ3) is 2.73. The number of sulfonamides is 1. The smallest absolute Gasteiger partial charge is 0.245 e. The van der Waals surface area contributed by atoms with Gasteiger partial charge in [0.25, 0.3) is 0 Å². The lowest BCUT2D eigenvalue weighted by molar-refractivity contribution is 0.306. The van der Waals surface area contributed by atoms with Crippen LogP contribution in [0, 0.1) is 0 Å². The number of hydrogen-bond acceptors (Lipinski definition) is 8. The second-order valence-electron chi connectivity index (χ2n) is 6.87. The fraction of sp³-hybridized carbons (Fsp3) is 0.500. The molecule has 3 aromatic rings. The average molecular weight is 389 g/mol. The summed E-state index contributed by atoms with van der Waals surface area (Å²) < 4.78 is 34.6. The van der Waals surface area contributed by atoms with Crippen molar-refractivity contribution in [3.05, 3.63) is 29.8 Å². The summed E-state index contributed by atoms with van der Waals surface area (Å²) in [5.41, 5.74) is 0.716. The number of benzene rings is 1. The molecule has 2 aliphatic heterocycles. The Hall–Kier alpha value is -2.37. The first-order chi connectivity index (χ1) is 13.1. The highest BCUT2D eigenvalue weighted by molar-refractivity contribution is 7.89. The topological polar surface area (TPSA) is 119 Å². The van der Waals surface area contributed by atoms with E-state index in [-0.39, 0.29) is 16.3 Å². The maximum atomic E-state index is 13.1. The second kappa shape index (κ2) is 6.36. The molecule has 1 fully saturated rings. The number of nitrogens with zero attached hydrogens (tertiary/aromatic N) is 6. The molecule has 2 aromatic heterocycles. The molecule has 5 rings (SSSR count). The highest BCUT2D eigenvalue weighted by Crippen LogP contribution is 2.32. The molecule has 4 heterocycles. The Balaban J connectivity index is 1.37. The first kappa shape index (κ1) is 16.8. The van der Waals surface area contributed by atoms with E-state index in [0.29, 0.717) is 18.6 Å². The number of fused-ring (bicyclic) bond motifs is 2. The first-order valence-electron chi connectivity index (χ1n) is 8.99. The molecule has 0 saturated carbocycles. The second-order valence-corrected chi connectivity index (χ2v) is 8.78. The summed E-state index contributed by atoms with van der Waals surface area (Å²) in [5.74, 6) is 2.16. The molecule has 0 spiro atoms. The molecule has 0 bridgehead atoms. The van der Waals surface area contributed by atoms with Gasteiger partial charge in [-0.05, 0) is 35.3 Å². The highest BCUT2D eigenvalue weighted by atomic mass is 32.2. The molecule has 0 amide bonds. The summed E-state index contributed by atoms with van der Waals surface area (Å²) in [6.45, 7) is 3.37. The zero-order valence-corrected chi connectivity index (χ0v) is 15.4. The van der Waals surface area contributed by atoms with Crippen LogP contribution in [0.3, 0.4) is 0 Å². The minimum Gasteiger partial charge on any atom is -0.312 e. The standard InChI is InChI=1S/C16H19N7O3S/c24-27(25,13-3-1-2-12-15(13)21-26-20-12)22-7-4-11(5-8-22)16-19-18-14-10-17-6-9-23(14)16/h1-3,11,17H,4-10H2. The van der Waals surface area contributed by atoms with Crippen molar-refractivity contribution in [1.82, 2.24) is 34.7 Å². The molecule has 0 radical (unpaired) electrons. The van der Waals surface area contributed by atoms with Crippen LogP contribution in [-0.2, 0) is 23.1 Å². The van der Waals surface area contributed by atoms with Crippen LogP contribution in [-0.4, -0.2) is 57.4 Å². The van der Waals surface area contributed by atoms with Crippen LogP contribution in [0.1, 0.15) is 30.4 Å². The third-order valence-electron chi connectivity index (χ3n) is 5.34. The Kier molecular flexibility index (Phi) is 3.95. The van der Waals surface area contributed by atoms with Gasteiger partial charge in [-0.3, -0.25) is 0 Å². The predicted octanol–water partition coefficient (Wildman–Crippen LogP) is 0.486. The van der Waals surface area contributed by atoms with E-state index in [4.69, 9.17) is 4.63 Å². The van der Waals surface area contributed by atoms with Crippen molar-refractivity contribution < 1.29 is 13.0 Å². The lowest BCUT2D eigenvalue weighted by Crippen LogP contribution is -2.39. The van der Waals surface area contributed by atoms with Gasteiger partial charge in [-0.25, -0.2) is 13.0 Å². The van der Waals surface area contributed by atoms with E-state index in [1.54, 1.807) is 18.2 Å². The minimum atomic E-state index is -3.65. The van der Waals surface area contributed by atoms with Gasteiger partial charge in [-0.1, -0.05) is 6.07 Å². The summed E-state index contributed by atoms with van der Waals surface area (Å²) in [5, 5.41) is 19.4. The Labute approximate surface area is 155 Å². The van der Waals surface area contributed by atoms with E-state index in [1.165, 1.54) is 4.31 Å². The summed E-state index contributed by atoms with van der Waals surface area (Å²) in [4.78, 5) is 0.144. The van der Waals surface area contributed by atoms with E-state index >= 15 is 0 Å². The first-order valence-corrected chi connectivity index (χ1v) is 10.4. The average Bonchev–Trinajstić information content (AvgIpc) is 3.34. The van der Waals surface area contributed by atoms with Gasteiger partial charge in [-0.15, -0.1) is 10.2 Å². The number of nitrogens with one attached hydrogen (secondary N) is 1. The van der Waals surface area contributed by atoms with Crippen LogP contribution in [0.4, 0.5) is 0 Å². The quantitative estimate of drug-likeness (QED) is 0.687. The van der Waals surface area contributed by atoms with Gasteiger partial charge >= 0.3 is 0 Å². The van der Waals surface area contributed by atoms with Crippen LogP contribution >= 0.6 is 0 Å². The van der Waals surface area contributed by atoms with Gasteiger partial charge in [-0.2, -0.15) is 4.31 Å². The van der Waals surface area contributed by atoms with Crippen LogP contribution in [0.25, 0.3) is 11.0 Å². The maximum Gasteiger partial charge on any atom is 0.245 e. The molecule has 2 aliphatic rings. The zero-order chi connectivity index (χ0) is 18.4. The van der Waals surface area contributed by atoms with Crippen LogP contribution in [0.15, 0.2) is 27.7 Å². The molecule has 11 heteroatoms. The van der Waals surface area contributed by atoms with Gasteiger partial charge in [0, 0.05) is 32.1 Å². The molecule has 1 N–H and O–H groups in total. The van der Waals surface area contributed by atoms with E-state index in [1.807, 2.05) is 0 Å². The fourth-order valence-corrected chi connectivity index (χ4v) is 5.51. The Morgan fingerprint density at radius 1 is 1.11 bits per heavy atom. The molecule has 0 atom stereocenters. The SMILES string of the molecule is O=S(=O)(c1cccc2nonc12)N1CCC(c2nnc3n2CCNC3)CC1. The molecular weight excluding hydrogens is 370 g/mol. The number of hydrogen-bond donors (Lipinski definition) is 1. The van der Waals surface area contributed by atoms with Crippen molar-refractivity contribution in [3.63, 3.8) is 0 Å². The number of aromatic nitrogens is 5. The van der Waals surface area contributed by atoms with Gasteiger partial charge in [0.05, 0.1) is 6.54 Å². The summed E-state index contributed by atoms with van der Waals surface area (Å²) in [7, 11) is -3.65. The normalized spacial score (nSPS) is 19.4. The van der Waals surface area contributed by atoms with E-state index < -0.39 is 10.0 Å². The number of piperidine rings is 1. The monoisotopic (exact) mass is 389 g/mol. The Morgan fingerprint density at radius 3 is 2.81 bits per heavy atom. The third-order valence-corrected chi connectivity index (χ3v) is 7.27. The molecule has 27 heavy (non-hydrogen) atoms. The maximum absolute atomic E-state index is 13.1. The zero-order valence-electron chi connectivity index (χ0n) is 14.6. The summed E-state index contributed by atoms with van der Waals surface area (Å²) in [6.07, 6.45) is 1.44. The van der Waals surface area contributed by atoms with Crippen molar-refractivity contribution in [1.29, 1.82) is 0 Å². The van der Waals surface area contributed by atoms with Gasteiger partial charge in [0.15, 0.2) is 5.52 Å². The van der Waals surface area contributed by atoms with Crippen LogP contribution in [0.2, 0.25) is 0 Å². The van der Waals surface area contributed by atoms with Crippen molar-refractivity contribution >= 4 is 21.1 Å². The molecular formula is C16H19N7O3S. The molecule has 0 aliphatic carbocycles. The van der Waals surface area contributed by atoms with E-state index in [9.17, 15) is 8.42 Å². The largest absolute Gasteiger partial charge is 0.312 e. The highest BCUT2D eigenvalue weighted by Gasteiger charge is 2.34. The van der Waals surface area contributed by atoms with Crippen LogP contribution < -0.4 is 5.32 Å². The minimum absolute atomic E-state index is 0.144. The Morgan fingerprint density at radius 2 is 1.96 bits per heavy atom. The van der Waals surface area contributed by atoms with Crippen LogP contribution in [0.5, 0.6) is 0 Å². The van der Waals surface area contributed by atoms with Gasteiger partial charge < -0.3 is 9.88 Å². The van der Waals surface area contributed by atoms with Crippen molar-refractivity contribution in [2.75, 3.05) is 19.6 Å². The summed E-state index contributed by atoms with van der Waals surface area (Å²) in [6, 6.07) is 4.89. The van der Waals surface area contributed by atoms with Gasteiger partial charge in [0.2, 0.25) is 10.0 Å². The predicted molar refractivity (Wildman–Crippen MR) is 94.3 cm³/mol. The van der Waals surface area contributed by atoms with Crippen molar-refractivity contribution in [3.8, 4) is 0 Å². The van der Waals surface area contributed by atoms with Crippen molar-refractivity contribution in [2.24, 2.45) is 0 Å². The molecule has 10 nitrogen and oxygen atoms in total. The molecule has 0 unspecified atom stereocenters. The van der Waals surface area contributed by atoms with Gasteiger partial charge in [0.1, 0.15) is 22.1 Å². The lowest BCUT2D eigenvalue weighted by Gasteiger charge is -2.31. The molecule has 1 saturated heterocycles. The molecule has 1 aromatic carbocycles. The number of rotatable bonds is 3. The van der Waals surface area contributed by atoms with Crippen molar-refractivity contribution in [2.45, 2.75) is 36.7 Å². The van der Waals surface area contributed by atoms with E-state index in [0.717, 1.165) is 44.1 Å². The summed E-state index contributed by atoms with van der Waals surface area (Å²) >= 11 is 0.